The van der Waals surface area contributed by atoms with Crippen molar-refractivity contribution in [3.05, 3.63) is 394 Å². The van der Waals surface area contributed by atoms with E-state index in [-0.39, 0.29) is 0 Å². The van der Waals surface area contributed by atoms with E-state index in [2.05, 4.69) is 232 Å². The summed E-state index contributed by atoms with van der Waals surface area (Å²) in [6.07, 6.45) is 0. The zero-order chi connectivity index (χ0) is 81.3. The van der Waals surface area contributed by atoms with Crippen LogP contribution in [0.3, 0.4) is 0 Å². The third-order valence-corrected chi connectivity index (χ3v) is 23.3. The van der Waals surface area contributed by atoms with Crippen LogP contribution in [0.2, 0.25) is 0 Å². The van der Waals surface area contributed by atoms with Gasteiger partial charge < -0.3 is 31.4 Å². The van der Waals surface area contributed by atoms with Gasteiger partial charge in [-0.05, 0) is 158 Å². The second-order valence-electron chi connectivity index (χ2n) is 29.7. The molecule has 16 aromatic carbocycles. The Labute approximate surface area is 705 Å². The monoisotopic (exact) mass is 1600 g/mol. The maximum absolute atomic E-state index is 6.48. The summed E-state index contributed by atoms with van der Waals surface area (Å²) in [6, 6.07) is 133. The number of hydrogen-bond donors (Lipinski definition) is 0. The molecule has 0 atom stereocenters. The Bertz CT molecular complexity index is 7950. The van der Waals surface area contributed by atoms with Crippen LogP contribution in [0.5, 0.6) is 0 Å². The summed E-state index contributed by atoms with van der Waals surface area (Å²) in [6.45, 7) is 0. The molecule has 9 heterocycles. The van der Waals surface area contributed by atoms with Gasteiger partial charge in [0.1, 0.15) is 26.6 Å². The van der Waals surface area contributed by atoms with Crippen molar-refractivity contribution in [2.24, 2.45) is 0 Å². The van der Waals surface area contributed by atoms with Gasteiger partial charge in [0.25, 0.3) is 0 Å². The normalized spacial score (nSPS) is 11.6. The molecule has 25 rings (SSSR count). The summed E-state index contributed by atoms with van der Waals surface area (Å²) in [7, 11) is 0. The number of aromatic nitrogens is 13. The highest BCUT2D eigenvalue weighted by Crippen LogP contribution is 2.45. The van der Waals surface area contributed by atoms with Gasteiger partial charge in [-0.3, -0.25) is 4.57 Å². The fraction of sp³-hybridized carbons (Fsp3) is 0. The van der Waals surface area contributed by atoms with Crippen LogP contribution in [0.4, 0.5) is 0 Å². The summed E-state index contributed by atoms with van der Waals surface area (Å²) in [5, 5.41) is 35.3. The Morgan fingerprint density at radius 2 is 0.496 bits per heavy atom. The number of nitrogens with zero attached hydrogens (tertiary/aromatic N) is 13. The van der Waals surface area contributed by atoms with E-state index in [4.69, 9.17) is 37.7 Å². The molecule has 0 saturated heterocycles. The fourth-order valence-electron chi connectivity index (χ4n) is 16.7. The first kappa shape index (κ1) is 71.5. The number of fused-ring (bicyclic) bond motifs is 15. The molecule has 25 aromatic rings. The molecule has 0 bridgehead atoms. The van der Waals surface area contributed by atoms with Crippen LogP contribution in [-0.4, -0.2) is 63.8 Å². The smallest absolute Gasteiger partial charge is 0.248 e. The molecule has 0 fully saturated rings. The molecule has 0 unspecified atom stereocenters. The van der Waals surface area contributed by atoms with Gasteiger partial charge >= 0.3 is 0 Å². The van der Waals surface area contributed by atoms with Crippen LogP contribution in [-0.2, 0) is 0 Å². The molecule has 0 spiro atoms. The Kier molecular flexibility index (Phi) is 17.6. The molecular weight excluding hydrogens is 1540 g/mol. The average Bonchev–Trinajstić information content (AvgIpc) is 1.58. The lowest BCUT2D eigenvalue weighted by Crippen LogP contribution is -2.01. The van der Waals surface area contributed by atoms with Crippen molar-refractivity contribution >= 4 is 110 Å². The summed E-state index contributed by atoms with van der Waals surface area (Å²) in [5.74, 6) is 4.39. The fourth-order valence-corrected chi connectivity index (χ4v) is 17.6. The Balaban J connectivity index is 0.000000107. The minimum absolute atomic E-state index is 0.474. The van der Waals surface area contributed by atoms with Crippen molar-refractivity contribution < 1.29 is 17.7 Å². The number of benzene rings is 16. The highest BCUT2D eigenvalue weighted by atomic mass is 32.1. The maximum atomic E-state index is 6.48. The molecule has 580 valence electrons. The topological polar surface area (TPSA) is 188 Å². The zero-order valence-electron chi connectivity index (χ0n) is 65.4. The first-order chi connectivity index (χ1) is 61.0. The van der Waals surface area contributed by atoms with E-state index in [1.54, 1.807) is 11.3 Å². The van der Waals surface area contributed by atoms with Gasteiger partial charge in [0, 0.05) is 89.0 Å². The highest BCUT2D eigenvalue weighted by Gasteiger charge is 2.26. The maximum Gasteiger partial charge on any atom is 0.248 e. The van der Waals surface area contributed by atoms with Gasteiger partial charge in [0.05, 0.1) is 49.3 Å². The zero-order valence-corrected chi connectivity index (χ0v) is 66.2. The van der Waals surface area contributed by atoms with Gasteiger partial charge in [0.15, 0.2) is 28.4 Å². The Hall–Kier alpha value is -16.8. The van der Waals surface area contributed by atoms with Crippen molar-refractivity contribution in [3.8, 4) is 124 Å². The predicted octanol–water partition coefficient (Wildman–Crippen LogP) is 26.6. The summed E-state index contributed by atoms with van der Waals surface area (Å²) >= 11 is 1.60. The molecule has 0 amide bonds. The van der Waals surface area contributed by atoms with Gasteiger partial charge in [-0.1, -0.05) is 248 Å². The lowest BCUT2D eigenvalue weighted by molar-refractivity contribution is 0.584. The molecular formula is C105H65N13O4S. The molecule has 18 heteroatoms. The van der Waals surface area contributed by atoms with Gasteiger partial charge in [0.2, 0.25) is 29.5 Å². The van der Waals surface area contributed by atoms with Crippen molar-refractivity contribution in [1.82, 2.24) is 63.8 Å². The predicted molar refractivity (Wildman–Crippen MR) is 490 cm³/mol. The minimum Gasteiger partial charge on any atom is -0.435 e. The second-order valence-corrected chi connectivity index (χ2v) is 30.7. The molecule has 0 saturated carbocycles. The average molecular weight is 1600 g/mol. The van der Waals surface area contributed by atoms with E-state index >= 15 is 0 Å². The first-order valence-electron chi connectivity index (χ1n) is 40.3. The molecule has 0 aliphatic heterocycles. The lowest BCUT2D eigenvalue weighted by atomic mass is 10.1. The lowest BCUT2D eigenvalue weighted by Gasteiger charge is -2.13. The van der Waals surface area contributed by atoms with Crippen molar-refractivity contribution in [3.63, 3.8) is 0 Å². The van der Waals surface area contributed by atoms with Crippen LogP contribution in [0.1, 0.15) is 0 Å². The van der Waals surface area contributed by atoms with Crippen LogP contribution in [0.15, 0.2) is 412 Å². The highest BCUT2D eigenvalue weighted by molar-refractivity contribution is 7.17. The van der Waals surface area contributed by atoms with E-state index in [0.29, 0.717) is 29.5 Å². The van der Waals surface area contributed by atoms with Gasteiger partial charge in [-0.25, -0.2) is 15.0 Å². The number of rotatable bonds is 13. The number of para-hydroxylation sites is 4. The van der Waals surface area contributed by atoms with Crippen molar-refractivity contribution in [1.29, 1.82) is 0 Å². The summed E-state index contributed by atoms with van der Waals surface area (Å²) in [5.41, 5.74) is 24.0. The second kappa shape index (κ2) is 30.3. The van der Waals surface area contributed by atoms with Gasteiger partial charge in [-0.2, -0.15) is 0 Å². The van der Waals surface area contributed by atoms with Crippen molar-refractivity contribution in [2.45, 2.75) is 0 Å². The van der Waals surface area contributed by atoms with Crippen LogP contribution >= 0.6 is 11.3 Å². The van der Waals surface area contributed by atoms with Gasteiger partial charge in [-0.15, -0.1) is 30.6 Å². The summed E-state index contributed by atoms with van der Waals surface area (Å²) in [4.78, 5) is 14.5. The third-order valence-electron chi connectivity index (χ3n) is 22.3. The minimum atomic E-state index is 0.474. The standard InChI is InChI=1S/C39H25N5O.C33H20N4O2.C33H20N4OS/c1-4-13-26(14-5-1)37-41-42-38(44(37)29-18-8-3-9-19-29)28-17-12-20-30(25-28)43-33-22-11-10-21-31(33)35-34(43)24-23-32-36(35)45-39(40-32)27-15-6-2-7-16-27;2*1-3-10-21(11-4-1)31-34-26-18-19-28-29(30(26)38-31)25-16-7-8-17-27(25)37(28)24-15-9-14-23(20-24)33-36-35-32(39-33)22-12-5-2-6-13-22/h1-25H;2*1-20H. The Morgan fingerprint density at radius 3 is 0.919 bits per heavy atom. The molecule has 123 heavy (non-hydrogen) atoms. The van der Waals surface area contributed by atoms with Crippen LogP contribution < -0.4 is 0 Å². The largest absolute Gasteiger partial charge is 0.435 e. The van der Waals surface area contributed by atoms with E-state index in [1.165, 1.54) is 0 Å². The van der Waals surface area contributed by atoms with E-state index in [0.717, 1.165) is 193 Å². The van der Waals surface area contributed by atoms with E-state index in [1.807, 2.05) is 206 Å². The number of oxazole rings is 3. The molecule has 17 nitrogen and oxygen atoms in total. The summed E-state index contributed by atoms with van der Waals surface area (Å²) < 4.78 is 34.3. The first-order valence-corrected chi connectivity index (χ1v) is 41.1. The molecule has 0 radical (unpaired) electrons. The molecule has 0 N–H and O–H groups in total. The SMILES string of the molecule is c1ccc(-c2nc3ccc4c(c5ccccc5n4-c4cccc(-c5nnc(-c6ccccc6)n5-c5ccccc5)c4)c3o2)cc1.c1ccc(-c2nc3ccc4c(c5ccccc5n4-c4cccc(-c5nnc(-c6ccccc6)s5)c4)c3o2)cc1.c1ccc(-c2nnc(-c3cccc(-n4c5ccccc5c5c6oc(-c7ccccc7)nc6ccc54)c3)o2)cc1. The molecule has 0 aliphatic carbocycles. The van der Waals surface area contributed by atoms with E-state index < -0.39 is 0 Å². The van der Waals surface area contributed by atoms with Crippen LogP contribution in [0.25, 0.3) is 223 Å². The molecule has 0 aliphatic rings. The van der Waals surface area contributed by atoms with Crippen molar-refractivity contribution in [2.75, 3.05) is 0 Å². The quantitative estimate of drug-likeness (QED) is 0.106. The third kappa shape index (κ3) is 12.8. The van der Waals surface area contributed by atoms with E-state index in [9.17, 15) is 0 Å². The number of hydrogen-bond acceptors (Lipinski definition) is 14. The Morgan fingerprint density at radius 1 is 0.195 bits per heavy atom. The van der Waals surface area contributed by atoms with Crippen LogP contribution in [0, 0.1) is 0 Å². The molecule has 9 aromatic heterocycles.